The Hall–Kier alpha value is -1.16. The topological polar surface area (TPSA) is 12.0 Å². The highest BCUT2D eigenvalue weighted by Crippen LogP contribution is 2.38. The van der Waals surface area contributed by atoms with Crippen LogP contribution in [0.25, 0.3) is 10.1 Å². The van der Waals surface area contributed by atoms with Gasteiger partial charge in [-0.25, -0.2) is 0 Å². The number of benzene rings is 1. The Morgan fingerprint density at radius 2 is 2.05 bits per heavy atom. The standard InChI is InChI=1S/C18H19NS2/c1-19-17(14-7-4-6-12-9-10-20-18(12)14)16-11-13-5-2-3-8-15(13)21-16/h4,6-7,9-11,17,19H,2-3,5,8H2,1H3. The van der Waals surface area contributed by atoms with Crippen molar-refractivity contribution < 1.29 is 0 Å². The molecule has 0 aliphatic heterocycles. The van der Waals surface area contributed by atoms with Gasteiger partial charge in [0.15, 0.2) is 0 Å². The SMILES string of the molecule is CNC(c1cc2c(s1)CCCC2)c1cccc2ccsc12. The molecule has 1 aliphatic rings. The Morgan fingerprint density at radius 1 is 1.14 bits per heavy atom. The fraction of sp³-hybridized carbons (Fsp3) is 0.333. The number of rotatable bonds is 3. The summed E-state index contributed by atoms with van der Waals surface area (Å²) in [6.07, 6.45) is 5.26. The summed E-state index contributed by atoms with van der Waals surface area (Å²) >= 11 is 3.87. The van der Waals surface area contributed by atoms with Gasteiger partial charge in [0.1, 0.15) is 0 Å². The van der Waals surface area contributed by atoms with Crippen LogP contribution in [-0.2, 0) is 12.8 Å². The Morgan fingerprint density at radius 3 is 2.90 bits per heavy atom. The zero-order valence-electron chi connectivity index (χ0n) is 12.2. The fourth-order valence-corrected chi connectivity index (χ4v) is 5.68. The maximum absolute atomic E-state index is 3.54. The molecule has 0 saturated carbocycles. The zero-order valence-corrected chi connectivity index (χ0v) is 13.8. The molecule has 0 radical (unpaired) electrons. The van der Waals surface area contributed by atoms with Crippen LogP contribution in [0.1, 0.15) is 39.8 Å². The van der Waals surface area contributed by atoms with Crippen molar-refractivity contribution in [2.75, 3.05) is 7.05 Å². The molecular formula is C18H19NS2. The Bertz CT molecular complexity index is 745. The lowest BCUT2D eigenvalue weighted by Crippen LogP contribution is -2.16. The molecule has 3 aromatic rings. The lowest BCUT2D eigenvalue weighted by molar-refractivity contribution is 0.693. The summed E-state index contributed by atoms with van der Waals surface area (Å²) in [7, 11) is 2.08. The van der Waals surface area contributed by atoms with Crippen LogP contribution in [0, 0.1) is 0 Å². The molecule has 4 rings (SSSR count). The molecule has 3 heteroatoms. The van der Waals surface area contributed by atoms with E-state index in [1.54, 1.807) is 10.4 Å². The number of fused-ring (bicyclic) bond motifs is 2. The third-order valence-corrected chi connectivity index (χ3v) is 6.69. The van der Waals surface area contributed by atoms with Crippen molar-refractivity contribution in [2.24, 2.45) is 0 Å². The summed E-state index contributed by atoms with van der Waals surface area (Å²) in [6.45, 7) is 0. The molecule has 2 aromatic heterocycles. The first-order chi connectivity index (χ1) is 10.4. The summed E-state index contributed by atoms with van der Waals surface area (Å²) in [5, 5.41) is 7.10. The molecule has 1 aromatic carbocycles. The van der Waals surface area contributed by atoms with Gasteiger partial charge in [0.05, 0.1) is 6.04 Å². The maximum Gasteiger partial charge on any atom is 0.0682 e. The molecule has 1 atom stereocenters. The van der Waals surface area contributed by atoms with Gasteiger partial charge in [-0.15, -0.1) is 22.7 Å². The molecule has 1 aliphatic carbocycles. The summed E-state index contributed by atoms with van der Waals surface area (Å²) in [5.41, 5.74) is 3.02. The molecule has 0 saturated heterocycles. The Balaban J connectivity index is 1.81. The van der Waals surface area contributed by atoms with Gasteiger partial charge in [0.2, 0.25) is 0 Å². The van der Waals surface area contributed by atoms with E-state index in [1.165, 1.54) is 46.2 Å². The van der Waals surface area contributed by atoms with Crippen LogP contribution in [0.15, 0.2) is 35.7 Å². The fourth-order valence-electron chi connectivity index (χ4n) is 3.35. The molecule has 108 valence electrons. The summed E-state index contributed by atoms with van der Waals surface area (Å²) < 4.78 is 1.42. The van der Waals surface area contributed by atoms with E-state index in [9.17, 15) is 0 Å². The van der Waals surface area contributed by atoms with Gasteiger partial charge in [-0.05, 0) is 66.8 Å². The van der Waals surface area contributed by atoms with Crippen molar-refractivity contribution in [2.45, 2.75) is 31.7 Å². The predicted molar refractivity (Wildman–Crippen MR) is 93.7 cm³/mol. The largest absolute Gasteiger partial charge is 0.309 e. The minimum absolute atomic E-state index is 0.322. The monoisotopic (exact) mass is 313 g/mol. The van der Waals surface area contributed by atoms with E-state index in [0.717, 1.165) is 0 Å². The van der Waals surface area contributed by atoms with E-state index >= 15 is 0 Å². The average Bonchev–Trinajstić information content (AvgIpc) is 3.14. The van der Waals surface area contributed by atoms with Gasteiger partial charge in [-0.2, -0.15) is 0 Å². The molecule has 2 heterocycles. The second-order valence-electron chi connectivity index (χ2n) is 5.71. The van der Waals surface area contributed by atoms with Crippen molar-refractivity contribution in [3.63, 3.8) is 0 Å². The van der Waals surface area contributed by atoms with E-state index in [2.05, 4.69) is 48.1 Å². The molecule has 1 nitrogen and oxygen atoms in total. The molecule has 0 amide bonds. The predicted octanol–water partition coefficient (Wildman–Crippen LogP) is 5.15. The third kappa shape index (κ3) is 2.33. The first-order valence-corrected chi connectivity index (χ1v) is 9.31. The zero-order chi connectivity index (χ0) is 14.2. The van der Waals surface area contributed by atoms with Crippen molar-refractivity contribution >= 4 is 32.8 Å². The van der Waals surface area contributed by atoms with Crippen molar-refractivity contribution in [1.82, 2.24) is 5.32 Å². The average molecular weight is 313 g/mol. The molecule has 0 fully saturated rings. The van der Waals surface area contributed by atoms with Gasteiger partial charge in [0.25, 0.3) is 0 Å². The quantitative estimate of drug-likeness (QED) is 0.705. The van der Waals surface area contributed by atoms with Gasteiger partial charge in [0, 0.05) is 14.5 Å². The number of hydrogen-bond acceptors (Lipinski definition) is 3. The normalized spacial score (nSPS) is 16.0. The van der Waals surface area contributed by atoms with Crippen LogP contribution in [0.3, 0.4) is 0 Å². The van der Waals surface area contributed by atoms with E-state index in [1.807, 2.05) is 22.7 Å². The third-order valence-electron chi connectivity index (χ3n) is 4.41. The van der Waals surface area contributed by atoms with Gasteiger partial charge in [-0.1, -0.05) is 18.2 Å². The summed E-state index contributed by atoms with van der Waals surface area (Å²) in [4.78, 5) is 3.10. The molecule has 1 N–H and O–H groups in total. The van der Waals surface area contributed by atoms with Gasteiger partial charge < -0.3 is 5.32 Å². The van der Waals surface area contributed by atoms with Crippen LogP contribution in [0.4, 0.5) is 0 Å². The Labute approximate surface area is 133 Å². The number of hydrogen-bond donors (Lipinski definition) is 1. The van der Waals surface area contributed by atoms with Crippen LogP contribution >= 0.6 is 22.7 Å². The highest BCUT2D eigenvalue weighted by Gasteiger charge is 2.21. The Kier molecular flexibility index (Phi) is 3.57. The second-order valence-corrected chi connectivity index (χ2v) is 7.80. The molecule has 0 spiro atoms. The lowest BCUT2D eigenvalue weighted by atomic mass is 9.97. The molecule has 21 heavy (non-hydrogen) atoms. The van der Waals surface area contributed by atoms with Crippen LogP contribution in [-0.4, -0.2) is 7.05 Å². The minimum Gasteiger partial charge on any atom is -0.309 e. The van der Waals surface area contributed by atoms with Gasteiger partial charge >= 0.3 is 0 Å². The lowest BCUT2D eigenvalue weighted by Gasteiger charge is -2.16. The minimum atomic E-state index is 0.322. The first kappa shape index (κ1) is 13.5. The van der Waals surface area contributed by atoms with E-state index in [0.29, 0.717) is 6.04 Å². The summed E-state index contributed by atoms with van der Waals surface area (Å²) in [5.74, 6) is 0. The van der Waals surface area contributed by atoms with Gasteiger partial charge in [-0.3, -0.25) is 0 Å². The second kappa shape index (κ2) is 5.56. The van der Waals surface area contributed by atoms with E-state index in [-0.39, 0.29) is 0 Å². The van der Waals surface area contributed by atoms with Crippen molar-refractivity contribution in [3.8, 4) is 0 Å². The van der Waals surface area contributed by atoms with E-state index < -0.39 is 0 Å². The first-order valence-electron chi connectivity index (χ1n) is 7.61. The maximum atomic E-state index is 3.54. The molecule has 0 bridgehead atoms. The molecular weight excluding hydrogens is 294 g/mol. The van der Waals surface area contributed by atoms with Crippen LogP contribution < -0.4 is 5.32 Å². The molecule has 1 unspecified atom stereocenters. The highest BCUT2D eigenvalue weighted by molar-refractivity contribution is 7.17. The van der Waals surface area contributed by atoms with Crippen molar-refractivity contribution in [3.05, 3.63) is 56.6 Å². The van der Waals surface area contributed by atoms with Crippen LogP contribution in [0.2, 0.25) is 0 Å². The number of nitrogens with one attached hydrogen (secondary N) is 1. The van der Waals surface area contributed by atoms with Crippen LogP contribution in [0.5, 0.6) is 0 Å². The number of thiophene rings is 2. The van der Waals surface area contributed by atoms with E-state index in [4.69, 9.17) is 0 Å². The number of aryl methyl sites for hydroxylation is 2. The smallest absolute Gasteiger partial charge is 0.0682 e. The van der Waals surface area contributed by atoms with Crippen molar-refractivity contribution in [1.29, 1.82) is 0 Å². The summed E-state index contributed by atoms with van der Waals surface area (Å²) in [6, 6.07) is 11.7. The highest BCUT2D eigenvalue weighted by atomic mass is 32.1.